The molecule has 3 nitrogen and oxygen atoms in total. The minimum atomic E-state index is 0.250. The van der Waals surface area contributed by atoms with Crippen LogP contribution in [0.15, 0.2) is 36.5 Å². The molecule has 0 radical (unpaired) electrons. The third-order valence-corrected chi connectivity index (χ3v) is 3.95. The molecule has 0 spiro atoms. The van der Waals surface area contributed by atoms with E-state index >= 15 is 0 Å². The van der Waals surface area contributed by atoms with Crippen LogP contribution in [0, 0.1) is 6.92 Å². The lowest BCUT2D eigenvalue weighted by Gasteiger charge is -2.02. The van der Waals surface area contributed by atoms with E-state index < -0.39 is 0 Å². The van der Waals surface area contributed by atoms with Gasteiger partial charge < -0.3 is 4.98 Å². The Morgan fingerprint density at radius 3 is 3.00 bits per heavy atom. The number of aromatic nitrogens is 2. The van der Waals surface area contributed by atoms with Crippen LogP contribution in [0.4, 0.5) is 0 Å². The lowest BCUT2D eigenvalue weighted by atomic mass is 10.0. The van der Waals surface area contributed by atoms with Gasteiger partial charge in [0.1, 0.15) is 5.78 Å². The molecule has 20 heavy (non-hydrogen) atoms. The first kappa shape index (κ1) is 11.4. The van der Waals surface area contributed by atoms with Crippen molar-refractivity contribution >= 4 is 16.7 Å². The summed E-state index contributed by atoms with van der Waals surface area (Å²) in [6, 6.07) is 10.2. The molecule has 0 amide bonds. The maximum Gasteiger partial charge on any atom is 0.141 e. The Morgan fingerprint density at radius 2 is 2.10 bits per heavy atom. The minimum absolute atomic E-state index is 0.250. The van der Waals surface area contributed by atoms with Crippen LogP contribution in [0.25, 0.3) is 22.3 Å². The molecule has 2 heterocycles. The smallest absolute Gasteiger partial charge is 0.141 e. The number of carbonyl (C=O) groups is 1. The van der Waals surface area contributed by atoms with Crippen LogP contribution in [-0.4, -0.2) is 15.8 Å². The molecule has 1 aromatic carbocycles. The molecule has 0 saturated heterocycles. The number of nitrogens with one attached hydrogen (secondary N) is 1. The number of hydrogen-bond acceptors (Lipinski definition) is 2. The fourth-order valence-corrected chi connectivity index (χ4v) is 3.03. The molecule has 1 N–H and O–H groups in total. The number of hydrogen-bond donors (Lipinski definition) is 1. The van der Waals surface area contributed by atoms with Crippen molar-refractivity contribution in [2.75, 3.05) is 0 Å². The molecule has 1 aliphatic carbocycles. The number of rotatable bonds is 0. The molecule has 4 rings (SSSR count). The van der Waals surface area contributed by atoms with Crippen LogP contribution in [0.3, 0.4) is 0 Å². The van der Waals surface area contributed by atoms with Gasteiger partial charge in [-0.15, -0.1) is 0 Å². The highest BCUT2D eigenvalue weighted by Gasteiger charge is 2.23. The molecule has 0 aliphatic heterocycles. The number of aryl methyl sites for hydroxylation is 1. The second kappa shape index (κ2) is 4.04. The normalized spacial score (nSPS) is 13.9. The fraction of sp³-hybridized carbons (Fsp3) is 0.176. The first-order valence-electron chi connectivity index (χ1n) is 6.79. The third-order valence-electron chi connectivity index (χ3n) is 3.95. The summed E-state index contributed by atoms with van der Waals surface area (Å²) in [7, 11) is 0. The quantitative estimate of drug-likeness (QED) is 0.676. The van der Waals surface area contributed by atoms with Crippen molar-refractivity contribution in [2.45, 2.75) is 19.8 Å². The minimum Gasteiger partial charge on any atom is -0.353 e. The van der Waals surface area contributed by atoms with Crippen molar-refractivity contribution in [3.05, 3.63) is 53.2 Å². The number of fused-ring (bicyclic) bond motifs is 5. The highest BCUT2D eigenvalue weighted by molar-refractivity contribution is 5.98. The molecule has 0 fully saturated rings. The zero-order valence-corrected chi connectivity index (χ0v) is 11.2. The summed E-state index contributed by atoms with van der Waals surface area (Å²) < 4.78 is 0. The number of ketones is 1. The molecule has 0 unspecified atom stereocenters. The van der Waals surface area contributed by atoms with E-state index in [1.165, 1.54) is 5.56 Å². The van der Waals surface area contributed by atoms with Gasteiger partial charge in [-0.2, -0.15) is 0 Å². The first-order chi connectivity index (χ1) is 9.72. The lowest BCUT2D eigenvalue weighted by Crippen LogP contribution is -2.04. The summed E-state index contributed by atoms with van der Waals surface area (Å²) >= 11 is 0. The summed E-state index contributed by atoms with van der Waals surface area (Å²) in [6.07, 6.45) is 2.74. The van der Waals surface area contributed by atoms with Gasteiger partial charge in [-0.3, -0.25) is 9.78 Å². The predicted molar refractivity (Wildman–Crippen MR) is 78.7 cm³/mol. The number of benzene rings is 1. The van der Waals surface area contributed by atoms with Crippen LogP contribution in [0.2, 0.25) is 0 Å². The number of pyridine rings is 1. The van der Waals surface area contributed by atoms with Crippen LogP contribution >= 0.6 is 0 Å². The SMILES string of the molecule is Cc1ccc2[nH]c3c(c2c1)CC(=O)Cc1cccnc1-3. The number of H-pyrrole nitrogens is 1. The van der Waals surface area contributed by atoms with Gasteiger partial charge in [0, 0.05) is 29.9 Å². The molecule has 2 aromatic heterocycles. The van der Waals surface area contributed by atoms with Crippen LogP contribution in [0.1, 0.15) is 16.7 Å². The monoisotopic (exact) mass is 262 g/mol. The number of Topliss-reactive ketones (excluding diaryl/α,β-unsaturated/α-hetero) is 1. The van der Waals surface area contributed by atoms with Crippen molar-refractivity contribution in [1.29, 1.82) is 0 Å². The maximum atomic E-state index is 12.2. The molecule has 1 aliphatic rings. The Morgan fingerprint density at radius 1 is 1.20 bits per heavy atom. The Labute approximate surface area is 116 Å². The van der Waals surface area contributed by atoms with Gasteiger partial charge in [0.15, 0.2) is 0 Å². The van der Waals surface area contributed by atoms with Gasteiger partial charge in [-0.1, -0.05) is 17.7 Å². The van der Waals surface area contributed by atoms with Gasteiger partial charge in [0.05, 0.1) is 11.4 Å². The average Bonchev–Trinajstić information content (AvgIpc) is 2.70. The van der Waals surface area contributed by atoms with Gasteiger partial charge in [-0.25, -0.2) is 0 Å². The fourth-order valence-electron chi connectivity index (χ4n) is 3.03. The van der Waals surface area contributed by atoms with E-state index in [9.17, 15) is 4.79 Å². The van der Waals surface area contributed by atoms with E-state index in [4.69, 9.17) is 0 Å². The van der Waals surface area contributed by atoms with Gasteiger partial charge in [0.25, 0.3) is 0 Å². The third kappa shape index (κ3) is 1.59. The molecular weight excluding hydrogens is 248 g/mol. The Balaban J connectivity index is 2.10. The molecular formula is C17H14N2O. The molecule has 3 heteroatoms. The summed E-state index contributed by atoms with van der Waals surface area (Å²) in [5.41, 5.74) is 6.31. The summed E-state index contributed by atoms with van der Waals surface area (Å²) in [6.45, 7) is 2.07. The van der Waals surface area contributed by atoms with Gasteiger partial charge in [-0.05, 0) is 36.2 Å². The highest BCUT2D eigenvalue weighted by atomic mass is 16.1. The van der Waals surface area contributed by atoms with Crippen molar-refractivity contribution in [3.63, 3.8) is 0 Å². The predicted octanol–water partition coefficient (Wildman–Crippen LogP) is 3.21. The topological polar surface area (TPSA) is 45.8 Å². The lowest BCUT2D eigenvalue weighted by molar-refractivity contribution is -0.117. The van der Waals surface area contributed by atoms with Gasteiger partial charge in [0.2, 0.25) is 0 Å². The average molecular weight is 262 g/mol. The molecule has 0 bridgehead atoms. The number of carbonyl (C=O) groups excluding carboxylic acids is 1. The van der Waals surface area contributed by atoms with Crippen LogP contribution in [0.5, 0.6) is 0 Å². The molecule has 98 valence electrons. The zero-order valence-electron chi connectivity index (χ0n) is 11.2. The summed E-state index contributed by atoms with van der Waals surface area (Å²) in [5, 5.41) is 1.15. The van der Waals surface area contributed by atoms with Crippen molar-refractivity contribution < 1.29 is 4.79 Å². The van der Waals surface area contributed by atoms with Crippen molar-refractivity contribution in [1.82, 2.24) is 9.97 Å². The van der Waals surface area contributed by atoms with Crippen LogP contribution in [-0.2, 0) is 17.6 Å². The Hall–Kier alpha value is -2.42. The second-order valence-electron chi connectivity index (χ2n) is 5.43. The second-order valence-corrected chi connectivity index (χ2v) is 5.43. The van der Waals surface area contributed by atoms with Crippen molar-refractivity contribution in [2.24, 2.45) is 0 Å². The van der Waals surface area contributed by atoms with E-state index in [1.807, 2.05) is 12.1 Å². The number of nitrogens with zero attached hydrogens (tertiary/aromatic N) is 1. The molecule has 0 saturated carbocycles. The van der Waals surface area contributed by atoms with Crippen molar-refractivity contribution in [3.8, 4) is 11.4 Å². The first-order valence-corrected chi connectivity index (χ1v) is 6.79. The highest BCUT2D eigenvalue weighted by Crippen LogP contribution is 2.34. The Kier molecular flexibility index (Phi) is 2.30. The maximum absolute atomic E-state index is 12.2. The standard InChI is InChI=1S/C17H14N2O/c1-10-4-5-15-13(7-10)14-9-12(20)8-11-3-2-6-18-16(11)17(14)19-15/h2-7,19H,8-9H2,1H3. The van der Waals surface area contributed by atoms with E-state index in [2.05, 4.69) is 35.1 Å². The summed E-state index contributed by atoms with van der Waals surface area (Å²) in [4.78, 5) is 20.1. The molecule has 3 aromatic rings. The molecule has 0 atom stereocenters. The van der Waals surface area contributed by atoms with E-state index in [0.717, 1.165) is 33.4 Å². The van der Waals surface area contributed by atoms with Crippen LogP contribution < -0.4 is 0 Å². The van der Waals surface area contributed by atoms with E-state index in [-0.39, 0.29) is 5.78 Å². The number of aromatic amines is 1. The Bertz CT molecular complexity index is 845. The van der Waals surface area contributed by atoms with E-state index in [0.29, 0.717) is 12.8 Å². The zero-order chi connectivity index (χ0) is 13.7. The largest absolute Gasteiger partial charge is 0.353 e. The van der Waals surface area contributed by atoms with E-state index in [1.54, 1.807) is 6.20 Å². The summed E-state index contributed by atoms with van der Waals surface area (Å²) in [5.74, 6) is 0.250. The van der Waals surface area contributed by atoms with Gasteiger partial charge >= 0.3 is 0 Å².